The van der Waals surface area contributed by atoms with Gasteiger partial charge in [-0.2, -0.15) is 0 Å². The molecule has 376 valence electrons. The van der Waals surface area contributed by atoms with E-state index in [9.17, 15) is 15.0 Å². The van der Waals surface area contributed by atoms with Crippen LogP contribution in [0.4, 0.5) is 0 Å². The van der Waals surface area contributed by atoms with Gasteiger partial charge in [-0.15, -0.1) is 0 Å². The third kappa shape index (κ3) is 52.4. The molecule has 0 bridgehead atoms. The van der Waals surface area contributed by atoms with Crippen molar-refractivity contribution in [3.05, 3.63) is 85.1 Å². The number of carbonyl (C=O) groups excluding carboxylic acids is 1. The van der Waals surface area contributed by atoms with Gasteiger partial charge in [0.05, 0.1) is 18.8 Å². The number of amides is 1. The van der Waals surface area contributed by atoms with Crippen molar-refractivity contribution >= 4 is 5.91 Å². The molecule has 0 saturated heterocycles. The molecule has 0 rings (SSSR count). The maximum atomic E-state index is 12.5. The summed E-state index contributed by atoms with van der Waals surface area (Å²) in [6.07, 6.45) is 81.4. The zero-order chi connectivity index (χ0) is 47.0. The molecule has 3 N–H and O–H groups in total. The van der Waals surface area contributed by atoms with Gasteiger partial charge in [-0.1, -0.05) is 285 Å². The molecule has 4 nitrogen and oxygen atoms in total. The van der Waals surface area contributed by atoms with Gasteiger partial charge in [-0.05, 0) is 70.6 Å². The van der Waals surface area contributed by atoms with E-state index in [0.29, 0.717) is 12.8 Å². The number of unbranched alkanes of at least 4 members (excludes halogenated alkanes) is 30. The number of aliphatic hydroxyl groups is 2. The van der Waals surface area contributed by atoms with Crippen molar-refractivity contribution in [3.8, 4) is 0 Å². The molecule has 2 unspecified atom stereocenters. The smallest absolute Gasteiger partial charge is 0.220 e. The molecule has 2 atom stereocenters. The fourth-order valence-corrected chi connectivity index (χ4v) is 8.40. The van der Waals surface area contributed by atoms with Crippen LogP contribution in [0.5, 0.6) is 0 Å². The lowest BCUT2D eigenvalue weighted by Gasteiger charge is -2.22. The van der Waals surface area contributed by atoms with Crippen molar-refractivity contribution in [2.45, 2.75) is 289 Å². The highest BCUT2D eigenvalue weighted by Crippen LogP contribution is 2.17. The molecule has 0 aromatic heterocycles. The molecule has 0 aliphatic heterocycles. The summed E-state index contributed by atoms with van der Waals surface area (Å²) in [5.74, 6) is -0.0318. The molecule has 1 amide bonds. The Balaban J connectivity index is 3.49. The molecule has 65 heavy (non-hydrogen) atoms. The standard InChI is InChI=1S/C61H109NO3/c1-3-5-7-9-11-13-15-17-19-21-22-23-24-25-26-27-28-29-30-31-32-33-34-35-36-37-38-39-40-41-43-45-47-49-51-53-55-57-61(65)62-59(58-63)60(64)56-54-52-50-48-46-44-42-20-18-16-14-12-10-8-6-4-2/h5,7,11,13,17,19,22-23,25-26,28-29,31-32,59-60,63-64H,3-4,6,8-10,12,14-16,18,20-21,24,27,30,33-58H2,1-2H3,(H,62,65)/b7-5-,13-11-,19-17-,23-22-,26-25-,29-28-,32-31-. The second-order valence-electron chi connectivity index (χ2n) is 19.0. The lowest BCUT2D eigenvalue weighted by molar-refractivity contribution is -0.123. The highest BCUT2D eigenvalue weighted by Gasteiger charge is 2.20. The first-order valence-electron chi connectivity index (χ1n) is 28.3. The zero-order valence-electron chi connectivity index (χ0n) is 43.2. The second-order valence-corrected chi connectivity index (χ2v) is 19.0. The van der Waals surface area contributed by atoms with E-state index in [1.54, 1.807) is 0 Å². The van der Waals surface area contributed by atoms with Crippen LogP contribution >= 0.6 is 0 Å². The van der Waals surface area contributed by atoms with Gasteiger partial charge in [-0.3, -0.25) is 4.79 Å². The quantitative estimate of drug-likeness (QED) is 0.0421. The molecule has 0 heterocycles. The van der Waals surface area contributed by atoms with E-state index in [1.807, 2.05) is 0 Å². The molecule has 0 fully saturated rings. The summed E-state index contributed by atoms with van der Waals surface area (Å²) in [6, 6.07) is -0.539. The molecular formula is C61H109NO3. The molecule has 0 saturated carbocycles. The summed E-state index contributed by atoms with van der Waals surface area (Å²) in [7, 11) is 0. The van der Waals surface area contributed by atoms with Gasteiger partial charge in [0.25, 0.3) is 0 Å². The molecule has 0 aliphatic carbocycles. The minimum atomic E-state index is -0.662. The van der Waals surface area contributed by atoms with Crippen molar-refractivity contribution in [2.75, 3.05) is 6.61 Å². The Morgan fingerprint density at radius 1 is 0.385 bits per heavy atom. The van der Waals surface area contributed by atoms with E-state index >= 15 is 0 Å². The van der Waals surface area contributed by atoms with Crippen LogP contribution < -0.4 is 5.32 Å². The van der Waals surface area contributed by atoms with Crippen LogP contribution in [-0.2, 0) is 4.79 Å². The SMILES string of the molecule is CC/C=C\C/C=C\C/C=C\C/C=C\C/C=C\C/C=C\C/C=C\CCCCCCCCCCCCCCCCCC(=O)NC(CO)C(O)CCCCCCCCCCCCCCCCCC. The zero-order valence-corrected chi connectivity index (χ0v) is 43.2. The maximum absolute atomic E-state index is 12.5. The Hall–Kier alpha value is -2.43. The predicted molar refractivity (Wildman–Crippen MR) is 290 cm³/mol. The average Bonchev–Trinajstić information content (AvgIpc) is 3.31. The van der Waals surface area contributed by atoms with Gasteiger partial charge < -0.3 is 15.5 Å². The first kappa shape index (κ1) is 62.6. The Bertz CT molecular complexity index is 1160. The lowest BCUT2D eigenvalue weighted by atomic mass is 10.0. The predicted octanol–water partition coefficient (Wildman–Crippen LogP) is 18.8. The van der Waals surface area contributed by atoms with Crippen LogP contribution in [0.2, 0.25) is 0 Å². The highest BCUT2D eigenvalue weighted by atomic mass is 16.3. The minimum Gasteiger partial charge on any atom is -0.394 e. The van der Waals surface area contributed by atoms with Crippen LogP contribution in [0.25, 0.3) is 0 Å². The topological polar surface area (TPSA) is 69.6 Å². The van der Waals surface area contributed by atoms with Gasteiger partial charge in [-0.25, -0.2) is 0 Å². The lowest BCUT2D eigenvalue weighted by Crippen LogP contribution is -2.45. The first-order valence-corrected chi connectivity index (χ1v) is 28.3. The third-order valence-corrected chi connectivity index (χ3v) is 12.7. The molecule has 0 spiro atoms. The summed E-state index contributed by atoms with van der Waals surface area (Å²) < 4.78 is 0. The van der Waals surface area contributed by atoms with Crippen molar-refractivity contribution in [3.63, 3.8) is 0 Å². The fraction of sp³-hybridized carbons (Fsp3) is 0.754. The Morgan fingerprint density at radius 3 is 1.02 bits per heavy atom. The highest BCUT2D eigenvalue weighted by molar-refractivity contribution is 5.76. The number of aliphatic hydroxyl groups excluding tert-OH is 2. The van der Waals surface area contributed by atoms with Crippen LogP contribution in [0.3, 0.4) is 0 Å². The Labute approximate surface area is 405 Å². The van der Waals surface area contributed by atoms with Gasteiger partial charge in [0.2, 0.25) is 5.91 Å². The average molecular weight is 905 g/mol. The summed E-state index contributed by atoms with van der Waals surface area (Å²) in [6.45, 7) is 4.26. The molecule has 4 heteroatoms. The molecular weight excluding hydrogens is 795 g/mol. The van der Waals surface area contributed by atoms with E-state index in [-0.39, 0.29) is 12.5 Å². The third-order valence-electron chi connectivity index (χ3n) is 12.7. The Kier molecular flexibility index (Phi) is 53.8. The normalized spacial score (nSPS) is 13.5. The summed E-state index contributed by atoms with van der Waals surface area (Å²) >= 11 is 0. The van der Waals surface area contributed by atoms with Crippen LogP contribution in [0.1, 0.15) is 277 Å². The van der Waals surface area contributed by atoms with Gasteiger partial charge >= 0.3 is 0 Å². The van der Waals surface area contributed by atoms with Crippen LogP contribution in [0.15, 0.2) is 85.1 Å². The van der Waals surface area contributed by atoms with E-state index in [1.165, 1.54) is 180 Å². The van der Waals surface area contributed by atoms with Crippen molar-refractivity contribution in [2.24, 2.45) is 0 Å². The van der Waals surface area contributed by atoms with Crippen molar-refractivity contribution < 1.29 is 15.0 Å². The Morgan fingerprint density at radius 2 is 0.677 bits per heavy atom. The summed E-state index contributed by atoms with van der Waals surface area (Å²) in [5, 5.41) is 23.3. The minimum absolute atomic E-state index is 0.0318. The fourth-order valence-electron chi connectivity index (χ4n) is 8.40. The first-order chi connectivity index (χ1) is 32.2. The van der Waals surface area contributed by atoms with E-state index < -0.39 is 12.1 Å². The van der Waals surface area contributed by atoms with Crippen molar-refractivity contribution in [1.82, 2.24) is 5.32 Å². The second kappa shape index (κ2) is 55.9. The number of rotatable bonds is 51. The number of nitrogens with one attached hydrogen (secondary N) is 1. The molecule has 0 aromatic carbocycles. The number of carbonyl (C=O) groups is 1. The van der Waals surface area contributed by atoms with Gasteiger partial charge in [0.1, 0.15) is 0 Å². The number of hydrogen-bond donors (Lipinski definition) is 3. The van der Waals surface area contributed by atoms with Crippen LogP contribution in [-0.4, -0.2) is 34.9 Å². The molecule has 0 radical (unpaired) electrons. The van der Waals surface area contributed by atoms with E-state index in [0.717, 1.165) is 70.6 Å². The maximum Gasteiger partial charge on any atom is 0.220 e. The number of hydrogen-bond acceptors (Lipinski definition) is 3. The summed E-state index contributed by atoms with van der Waals surface area (Å²) in [4.78, 5) is 12.5. The van der Waals surface area contributed by atoms with E-state index in [2.05, 4.69) is 104 Å². The van der Waals surface area contributed by atoms with Gasteiger partial charge in [0, 0.05) is 6.42 Å². The molecule has 0 aliphatic rings. The largest absolute Gasteiger partial charge is 0.394 e. The monoisotopic (exact) mass is 904 g/mol. The van der Waals surface area contributed by atoms with Crippen molar-refractivity contribution in [1.29, 1.82) is 0 Å². The summed E-state index contributed by atoms with van der Waals surface area (Å²) in [5.41, 5.74) is 0. The number of allylic oxidation sites excluding steroid dienone is 14. The molecule has 0 aromatic rings. The van der Waals surface area contributed by atoms with Crippen LogP contribution in [0, 0.1) is 0 Å². The van der Waals surface area contributed by atoms with Gasteiger partial charge in [0.15, 0.2) is 0 Å². The van der Waals surface area contributed by atoms with E-state index in [4.69, 9.17) is 0 Å².